The lowest BCUT2D eigenvalue weighted by Crippen LogP contribution is -2.49. The summed E-state index contributed by atoms with van der Waals surface area (Å²) in [5.41, 5.74) is 1.36. The van der Waals surface area contributed by atoms with Gasteiger partial charge in [-0.25, -0.2) is 0 Å². The number of rotatable bonds is 6. The summed E-state index contributed by atoms with van der Waals surface area (Å²) in [6, 6.07) is 7.19. The molecule has 1 fully saturated rings. The molecule has 0 unspecified atom stereocenters. The minimum Gasteiger partial charge on any atom is -0.383 e. The fourth-order valence-corrected chi connectivity index (χ4v) is 3.25. The van der Waals surface area contributed by atoms with Gasteiger partial charge in [-0.1, -0.05) is 17.3 Å². The van der Waals surface area contributed by atoms with Crippen LogP contribution in [0.25, 0.3) is 11.4 Å². The van der Waals surface area contributed by atoms with Gasteiger partial charge < -0.3 is 19.5 Å². The summed E-state index contributed by atoms with van der Waals surface area (Å²) in [5, 5.41) is 6.65. The van der Waals surface area contributed by atoms with Gasteiger partial charge in [0.15, 0.2) is 0 Å². The fraction of sp³-hybridized carbons (Fsp3) is 0.474. The number of hydrogen-bond donors (Lipinski definition) is 1. The zero-order valence-corrected chi connectivity index (χ0v) is 15.6. The molecule has 0 saturated carbocycles. The number of hydrogen-bond acceptors (Lipinski definition) is 6. The first-order chi connectivity index (χ1) is 13.1. The Morgan fingerprint density at radius 2 is 2.07 bits per heavy atom. The summed E-state index contributed by atoms with van der Waals surface area (Å²) >= 11 is 0. The maximum atomic E-state index is 13.0. The second-order valence-electron chi connectivity index (χ2n) is 6.70. The van der Waals surface area contributed by atoms with Crippen molar-refractivity contribution < 1.29 is 18.8 Å². The molecular formula is C19H24N4O4. The third kappa shape index (κ3) is 4.51. The van der Waals surface area contributed by atoms with Crippen LogP contribution in [-0.2, 0) is 9.53 Å². The molecule has 1 saturated heterocycles. The molecule has 2 atom stereocenters. The minimum absolute atomic E-state index is 0.0239. The van der Waals surface area contributed by atoms with Crippen molar-refractivity contribution in [1.82, 2.24) is 20.4 Å². The lowest BCUT2D eigenvalue weighted by atomic mass is 9.92. The first-order valence-electron chi connectivity index (χ1n) is 9.04. The van der Waals surface area contributed by atoms with Crippen LogP contribution in [0.4, 0.5) is 0 Å². The van der Waals surface area contributed by atoms with Crippen LogP contribution in [-0.4, -0.2) is 59.7 Å². The Kier molecular flexibility index (Phi) is 6.18. The van der Waals surface area contributed by atoms with E-state index in [1.165, 1.54) is 6.39 Å². The second-order valence-corrected chi connectivity index (χ2v) is 6.70. The maximum Gasteiger partial charge on any atom is 0.254 e. The van der Waals surface area contributed by atoms with Gasteiger partial charge >= 0.3 is 0 Å². The molecule has 3 rings (SSSR count). The maximum absolute atomic E-state index is 13.0. The molecule has 0 radical (unpaired) electrons. The van der Waals surface area contributed by atoms with Crippen molar-refractivity contribution in [3.8, 4) is 11.4 Å². The normalized spacial score (nSPS) is 19.7. The highest BCUT2D eigenvalue weighted by atomic mass is 16.5. The topological polar surface area (TPSA) is 97.6 Å². The van der Waals surface area contributed by atoms with Gasteiger partial charge in [0, 0.05) is 37.4 Å². The van der Waals surface area contributed by atoms with E-state index in [2.05, 4.69) is 15.5 Å². The summed E-state index contributed by atoms with van der Waals surface area (Å²) < 4.78 is 9.70. The van der Waals surface area contributed by atoms with Crippen molar-refractivity contribution in [1.29, 1.82) is 0 Å². The second kappa shape index (κ2) is 8.77. The SMILES string of the molecule is COCCNC(=O)[C@@H]1CC[C@@H](C)N(C(=O)c2ccc(-c3ncon3)cc2)C1. The van der Waals surface area contributed by atoms with Crippen molar-refractivity contribution in [3.05, 3.63) is 36.2 Å². The Labute approximate surface area is 157 Å². The van der Waals surface area contributed by atoms with Gasteiger partial charge in [-0.15, -0.1) is 0 Å². The number of ether oxygens (including phenoxy) is 1. The van der Waals surface area contributed by atoms with Crippen molar-refractivity contribution >= 4 is 11.8 Å². The van der Waals surface area contributed by atoms with E-state index in [9.17, 15) is 9.59 Å². The molecule has 2 heterocycles. The Morgan fingerprint density at radius 1 is 1.30 bits per heavy atom. The molecule has 2 amide bonds. The Bertz CT molecular complexity index is 761. The molecule has 0 spiro atoms. The number of benzene rings is 1. The molecule has 8 heteroatoms. The van der Waals surface area contributed by atoms with Crippen molar-refractivity contribution in [2.24, 2.45) is 5.92 Å². The number of piperidine rings is 1. The van der Waals surface area contributed by atoms with Crippen molar-refractivity contribution in [3.63, 3.8) is 0 Å². The standard InChI is InChI=1S/C19H24N4O4/c1-13-3-4-16(18(24)20-9-10-26-2)11-23(13)19(25)15-7-5-14(6-8-15)17-21-12-27-22-17/h5-8,12-13,16H,3-4,9-11H2,1-2H3,(H,20,24)/t13-,16-/m1/s1. The summed E-state index contributed by atoms with van der Waals surface area (Å²) in [6.45, 7) is 3.40. The third-order valence-electron chi connectivity index (χ3n) is 4.87. The summed E-state index contributed by atoms with van der Waals surface area (Å²) in [7, 11) is 1.60. The number of aromatic nitrogens is 2. The van der Waals surface area contributed by atoms with Crippen LogP contribution in [0.1, 0.15) is 30.1 Å². The lowest BCUT2D eigenvalue weighted by Gasteiger charge is -2.37. The predicted molar refractivity (Wildman–Crippen MR) is 97.8 cm³/mol. The molecule has 2 aromatic rings. The van der Waals surface area contributed by atoms with E-state index >= 15 is 0 Å². The Morgan fingerprint density at radius 3 is 2.74 bits per heavy atom. The number of likely N-dealkylation sites (tertiary alicyclic amines) is 1. The van der Waals surface area contributed by atoms with Crippen molar-refractivity contribution in [2.75, 3.05) is 26.8 Å². The molecule has 1 aromatic heterocycles. The first kappa shape index (κ1) is 19.0. The highest BCUT2D eigenvalue weighted by Crippen LogP contribution is 2.25. The van der Waals surface area contributed by atoms with E-state index in [1.807, 2.05) is 6.92 Å². The van der Waals surface area contributed by atoms with Crippen LogP contribution < -0.4 is 5.32 Å². The average molecular weight is 372 g/mol. The van der Waals surface area contributed by atoms with Crippen LogP contribution in [0, 0.1) is 5.92 Å². The van der Waals surface area contributed by atoms with Crippen LogP contribution in [0.15, 0.2) is 35.2 Å². The van der Waals surface area contributed by atoms with E-state index in [-0.39, 0.29) is 23.8 Å². The molecule has 1 aromatic carbocycles. The van der Waals surface area contributed by atoms with E-state index in [0.29, 0.717) is 31.1 Å². The Balaban J connectivity index is 1.66. The van der Waals surface area contributed by atoms with Crippen LogP contribution in [0.3, 0.4) is 0 Å². The molecule has 0 aliphatic carbocycles. The van der Waals surface area contributed by atoms with Gasteiger partial charge in [0.2, 0.25) is 18.1 Å². The zero-order valence-electron chi connectivity index (χ0n) is 15.6. The van der Waals surface area contributed by atoms with Crippen LogP contribution >= 0.6 is 0 Å². The number of amides is 2. The molecule has 27 heavy (non-hydrogen) atoms. The van der Waals surface area contributed by atoms with Gasteiger partial charge in [-0.2, -0.15) is 4.98 Å². The fourth-order valence-electron chi connectivity index (χ4n) is 3.25. The third-order valence-corrected chi connectivity index (χ3v) is 4.87. The molecule has 8 nitrogen and oxygen atoms in total. The van der Waals surface area contributed by atoms with E-state index in [1.54, 1.807) is 36.3 Å². The smallest absolute Gasteiger partial charge is 0.254 e. The number of carbonyl (C=O) groups excluding carboxylic acids is 2. The van der Waals surface area contributed by atoms with E-state index < -0.39 is 0 Å². The van der Waals surface area contributed by atoms with Gasteiger partial charge in [0.1, 0.15) is 0 Å². The number of carbonyl (C=O) groups is 2. The monoisotopic (exact) mass is 372 g/mol. The summed E-state index contributed by atoms with van der Waals surface area (Å²) in [6.07, 6.45) is 2.84. The molecule has 1 N–H and O–H groups in total. The molecular weight excluding hydrogens is 348 g/mol. The molecule has 1 aliphatic rings. The molecule has 144 valence electrons. The van der Waals surface area contributed by atoms with Gasteiger partial charge in [-0.05, 0) is 31.9 Å². The van der Waals surface area contributed by atoms with Crippen LogP contribution in [0.2, 0.25) is 0 Å². The van der Waals surface area contributed by atoms with Crippen LogP contribution in [0.5, 0.6) is 0 Å². The van der Waals surface area contributed by atoms with E-state index in [4.69, 9.17) is 9.26 Å². The van der Waals surface area contributed by atoms with Gasteiger partial charge in [0.05, 0.1) is 12.5 Å². The number of nitrogens with one attached hydrogen (secondary N) is 1. The predicted octanol–water partition coefficient (Wildman–Crippen LogP) is 1.74. The highest BCUT2D eigenvalue weighted by molar-refractivity contribution is 5.95. The molecule has 1 aliphatic heterocycles. The quantitative estimate of drug-likeness (QED) is 0.776. The molecule has 0 bridgehead atoms. The minimum atomic E-state index is -0.194. The number of methoxy groups -OCH3 is 1. The summed E-state index contributed by atoms with van der Waals surface area (Å²) in [5.74, 6) is 0.189. The van der Waals surface area contributed by atoms with Gasteiger partial charge in [-0.3, -0.25) is 9.59 Å². The average Bonchev–Trinajstić information content (AvgIpc) is 3.23. The van der Waals surface area contributed by atoms with Gasteiger partial charge in [0.25, 0.3) is 5.91 Å². The van der Waals surface area contributed by atoms with Crippen molar-refractivity contribution in [2.45, 2.75) is 25.8 Å². The largest absolute Gasteiger partial charge is 0.383 e. The highest BCUT2D eigenvalue weighted by Gasteiger charge is 2.32. The lowest BCUT2D eigenvalue weighted by molar-refractivity contribution is -0.126. The Hall–Kier alpha value is -2.74. The van der Waals surface area contributed by atoms with E-state index in [0.717, 1.165) is 18.4 Å². The zero-order chi connectivity index (χ0) is 19.2. The summed E-state index contributed by atoms with van der Waals surface area (Å²) in [4.78, 5) is 31.1. The number of nitrogens with zero attached hydrogens (tertiary/aromatic N) is 3. The first-order valence-corrected chi connectivity index (χ1v) is 9.04.